The zero-order valence-electron chi connectivity index (χ0n) is 12.0. The number of aryl methyl sites for hydroxylation is 1. The van der Waals surface area contributed by atoms with Crippen LogP contribution >= 0.6 is 0 Å². The molecule has 2 aromatic carbocycles. The first-order valence-electron chi connectivity index (χ1n) is 6.86. The lowest BCUT2D eigenvalue weighted by atomic mass is 10.1. The van der Waals surface area contributed by atoms with Gasteiger partial charge in [0.1, 0.15) is 0 Å². The molecule has 4 heteroatoms. The second-order valence-corrected chi connectivity index (χ2v) is 4.92. The number of carbonyl (C=O) groups excluding carboxylic acids is 1. The Kier molecular flexibility index (Phi) is 4.68. The molecule has 21 heavy (non-hydrogen) atoms. The summed E-state index contributed by atoms with van der Waals surface area (Å²) in [5.41, 5.74) is 2.22. The molecule has 2 aromatic rings. The number of halogens is 2. The highest BCUT2D eigenvalue weighted by Crippen LogP contribution is 2.16. The van der Waals surface area contributed by atoms with Crippen molar-refractivity contribution in [3.8, 4) is 0 Å². The van der Waals surface area contributed by atoms with Crippen molar-refractivity contribution in [2.75, 3.05) is 0 Å². The summed E-state index contributed by atoms with van der Waals surface area (Å²) in [7, 11) is 0. The van der Waals surface area contributed by atoms with Crippen LogP contribution in [0.1, 0.15) is 41.4 Å². The fourth-order valence-corrected chi connectivity index (χ4v) is 2.04. The molecule has 0 spiro atoms. The van der Waals surface area contributed by atoms with Gasteiger partial charge < -0.3 is 5.32 Å². The normalized spacial score (nSPS) is 12.0. The van der Waals surface area contributed by atoms with Gasteiger partial charge in [-0.25, -0.2) is 8.78 Å². The van der Waals surface area contributed by atoms with E-state index in [0.717, 1.165) is 24.1 Å². The maximum atomic E-state index is 13.2. The van der Waals surface area contributed by atoms with Gasteiger partial charge in [-0.05, 0) is 48.7 Å². The quantitative estimate of drug-likeness (QED) is 0.905. The lowest BCUT2D eigenvalue weighted by Crippen LogP contribution is -2.26. The van der Waals surface area contributed by atoms with Crippen LogP contribution < -0.4 is 5.32 Å². The van der Waals surface area contributed by atoms with Crippen LogP contribution in [0.25, 0.3) is 0 Å². The van der Waals surface area contributed by atoms with Gasteiger partial charge in [-0.2, -0.15) is 0 Å². The SMILES string of the molecule is CCc1ccc(C(=O)NC(C)c2ccc(F)c(F)c2)cc1. The molecular weight excluding hydrogens is 272 g/mol. The van der Waals surface area contributed by atoms with Crippen molar-refractivity contribution in [2.24, 2.45) is 0 Å². The summed E-state index contributed by atoms with van der Waals surface area (Å²) in [6.45, 7) is 3.77. The molecule has 1 atom stereocenters. The Bertz CT molecular complexity index is 638. The van der Waals surface area contributed by atoms with Gasteiger partial charge in [0.15, 0.2) is 11.6 Å². The Morgan fingerprint density at radius 3 is 2.33 bits per heavy atom. The molecule has 0 aliphatic heterocycles. The number of rotatable bonds is 4. The van der Waals surface area contributed by atoms with Gasteiger partial charge in [-0.1, -0.05) is 25.1 Å². The molecule has 1 N–H and O–H groups in total. The molecule has 2 nitrogen and oxygen atoms in total. The standard InChI is InChI=1S/C17H17F2NO/c1-3-12-4-6-13(7-5-12)17(21)20-11(2)14-8-9-15(18)16(19)10-14/h4-11H,3H2,1-2H3,(H,20,21). The number of hydrogen-bond acceptors (Lipinski definition) is 1. The molecule has 2 rings (SSSR count). The van der Waals surface area contributed by atoms with Gasteiger partial charge in [-0.3, -0.25) is 4.79 Å². The fraction of sp³-hybridized carbons (Fsp3) is 0.235. The number of carbonyl (C=O) groups is 1. The molecule has 0 fully saturated rings. The minimum absolute atomic E-state index is 0.241. The largest absolute Gasteiger partial charge is 0.346 e. The second-order valence-electron chi connectivity index (χ2n) is 4.92. The van der Waals surface area contributed by atoms with Gasteiger partial charge >= 0.3 is 0 Å². The third-order valence-corrected chi connectivity index (χ3v) is 3.42. The maximum absolute atomic E-state index is 13.2. The summed E-state index contributed by atoms with van der Waals surface area (Å²) in [4.78, 5) is 12.1. The Morgan fingerprint density at radius 2 is 1.76 bits per heavy atom. The van der Waals surface area contributed by atoms with Gasteiger partial charge in [0, 0.05) is 5.56 Å². The zero-order valence-corrected chi connectivity index (χ0v) is 12.0. The lowest BCUT2D eigenvalue weighted by Gasteiger charge is -2.15. The van der Waals surface area contributed by atoms with Crippen LogP contribution in [-0.2, 0) is 6.42 Å². The summed E-state index contributed by atoms with van der Waals surface area (Å²) < 4.78 is 26.1. The third-order valence-electron chi connectivity index (χ3n) is 3.42. The highest BCUT2D eigenvalue weighted by molar-refractivity contribution is 5.94. The van der Waals surface area contributed by atoms with E-state index in [1.54, 1.807) is 19.1 Å². The van der Waals surface area contributed by atoms with E-state index < -0.39 is 17.7 Å². The first-order valence-corrected chi connectivity index (χ1v) is 6.86. The first-order chi connectivity index (χ1) is 10.0. The minimum Gasteiger partial charge on any atom is -0.346 e. The molecular formula is C17H17F2NO. The molecule has 0 saturated carbocycles. The number of hydrogen-bond donors (Lipinski definition) is 1. The molecule has 1 unspecified atom stereocenters. The van der Waals surface area contributed by atoms with E-state index >= 15 is 0 Å². The molecule has 0 radical (unpaired) electrons. The van der Waals surface area contributed by atoms with E-state index in [2.05, 4.69) is 5.32 Å². The van der Waals surface area contributed by atoms with Crippen molar-refractivity contribution in [2.45, 2.75) is 26.3 Å². The maximum Gasteiger partial charge on any atom is 0.251 e. The smallest absolute Gasteiger partial charge is 0.251 e. The predicted molar refractivity (Wildman–Crippen MR) is 78.1 cm³/mol. The summed E-state index contributed by atoms with van der Waals surface area (Å²) in [5, 5.41) is 2.77. The fourth-order valence-electron chi connectivity index (χ4n) is 2.04. The van der Waals surface area contributed by atoms with Crippen LogP contribution in [0, 0.1) is 11.6 Å². The van der Waals surface area contributed by atoms with Crippen LogP contribution in [0.2, 0.25) is 0 Å². The van der Waals surface area contributed by atoms with E-state index in [-0.39, 0.29) is 5.91 Å². The van der Waals surface area contributed by atoms with Crippen molar-refractivity contribution in [3.05, 3.63) is 70.8 Å². The van der Waals surface area contributed by atoms with Crippen molar-refractivity contribution in [1.29, 1.82) is 0 Å². The predicted octanol–water partition coefficient (Wildman–Crippen LogP) is 4.02. The van der Waals surface area contributed by atoms with E-state index in [0.29, 0.717) is 11.1 Å². The number of benzene rings is 2. The molecule has 0 aliphatic carbocycles. The summed E-state index contributed by atoms with van der Waals surface area (Å²) in [5.74, 6) is -2.05. The van der Waals surface area contributed by atoms with Crippen LogP contribution in [0.5, 0.6) is 0 Å². The average molecular weight is 289 g/mol. The average Bonchev–Trinajstić information content (AvgIpc) is 2.50. The summed E-state index contributed by atoms with van der Waals surface area (Å²) in [6.07, 6.45) is 0.910. The molecule has 0 saturated heterocycles. The van der Waals surface area contributed by atoms with Gasteiger partial charge in [-0.15, -0.1) is 0 Å². The summed E-state index contributed by atoms with van der Waals surface area (Å²) >= 11 is 0. The lowest BCUT2D eigenvalue weighted by molar-refractivity contribution is 0.0940. The van der Waals surface area contributed by atoms with Crippen LogP contribution in [0.3, 0.4) is 0 Å². The number of amides is 1. The van der Waals surface area contributed by atoms with Gasteiger partial charge in [0.25, 0.3) is 5.91 Å². The van der Waals surface area contributed by atoms with Crippen LogP contribution in [0.15, 0.2) is 42.5 Å². The van der Waals surface area contributed by atoms with Gasteiger partial charge in [0.05, 0.1) is 6.04 Å². The highest BCUT2D eigenvalue weighted by atomic mass is 19.2. The Morgan fingerprint density at radius 1 is 1.10 bits per heavy atom. The summed E-state index contributed by atoms with van der Waals surface area (Å²) in [6, 6.07) is 10.5. The van der Waals surface area contributed by atoms with E-state index in [9.17, 15) is 13.6 Å². The van der Waals surface area contributed by atoms with Gasteiger partial charge in [0.2, 0.25) is 0 Å². The van der Waals surface area contributed by atoms with Crippen molar-refractivity contribution >= 4 is 5.91 Å². The van der Waals surface area contributed by atoms with Crippen LogP contribution in [0.4, 0.5) is 8.78 Å². The second kappa shape index (κ2) is 6.48. The topological polar surface area (TPSA) is 29.1 Å². The Balaban J connectivity index is 2.08. The minimum atomic E-state index is -0.916. The van der Waals surface area contributed by atoms with Crippen molar-refractivity contribution < 1.29 is 13.6 Å². The highest BCUT2D eigenvalue weighted by Gasteiger charge is 2.13. The molecule has 0 heterocycles. The molecule has 0 aliphatic rings. The first kappa shape index (κ1) is 15.2. The molecule has 0 bridgehead atoms. The van der Waals surface area contributed by atoms with E-state index in [1.807, 2.05) is 19.1 Å². The van der Waals surface area contributed by atoms with Crippen molar-refractivity contribution in [1.82, 2.24) is 5.32 Å². The Labute approximate surface area is 122 Å². The monoisotopic (exact) mass is 289 g/mol. The molecule has 0 aromatic heterocycles. The molecule has 110 valence electrons. The third kappa shape index (κ3) is 3.66. The Hall–Kier alpha value is -2.23. The van der Waals surface area contributed by atoms with E-state index in [1.165, 1.54) is 6.07 Å². The molecule has 1 amide bonds. The number of nitrogens with one attached hydrogen (secondary N) is 1. The van der Waals surface area contributed by atoms with Crippen LogP contribution in [-0.4, -0.2) is 5.91 Å². The zero-order chi connectivity index (χ0) is 15.4. The van der Waals surface area contributed by atoms with Crippen molar-refractivity contribution in [3.63, 3.8) is 0 Å². The van der Waals surface area contributed by atoms with E-state index in [4.69, 9.17) is 0 Å².